The standard InChI is InChI=1S/C12H17BrN4O/c1-7(4-8-2-3-8)16-12(18)10-5-9(13)6-15-11(10)17-14/h5-8H,2-4,14H2,1H3,(H,15,17)(H,16,18). The van der Waals surface area contributed by atoms with Crippen molar-refractivity contribution < 1.29 is 4.79 Å². The third kappa shape index (κ3) is 3.43. The number of carbonyl (C=O) groups excluding carboxylic acids is 1. The highest BCUT2D eigenvalue weighted by Gasteiger charge is 2.24. The number of pyridine rings is 1. The minimum Gasteiger partial charge on any atom is -0.349 e. The summed E-state index contributed by atoms with van der Waals surface area (Å²) in [4.78, 5) is 16.2. The van der Waals surface area contributed by atoms with Gasteiger partial charge in [-0.25, -0.2) is 10.8 Å². The van der Waals surface area contributed by atoms with Crippen molar-refractivity contribution in [2.75, 3.05) is 5.43 Å². The number of anilines is 1. The molecule has 1 saturated carbocycles. The fourth-order valence-corrected chi connectivity index (χ4v) is 2.27. The molecule has 1 heterocycles. The quantitative estimate of drug-likeness (QED) is 0.574. The minimum atomic E-state index is -0.148. The summed E-state index contributed by atoms with van der Waals surface area (Å²) in [6.45, 7) is 2.02. The van der Waals surface area contributed by atoms with Crippen LogP contribution in [0.3, 0.4) is 0 Å². The summed E-state index contributed by atoms with van der Waals surface area (Å²) in [5.41, 5.74) is 2.89. The van der Waals surface area contributed by atoms with Crippen LogP contribution in [0.1, 0.15) is 36.5 Å². The first-order valence-electron chi connectivity index (χ1n) is 6.03. The highest BCUT2D eigenvalue weighted by atomic mass is 79.9. The van der Waals surface area contributed by atoms with Gasteiger partial charge in [-0.05, 0) is 41.3 Å². The van der Waals surface area contributed by atoms with E-state index in [0.717, 1.165) is 16.8 Å². The third-order valence-corrected chi connectivity index (χ3v) is 3.43. The highest BCUT2D eigenvalue weighted by Crippen LogP contribution is 2.33. The van der Waals surface area contributed by atoms with Gasteiger partial charge < -0.3 is 10.7 Å². The Balaban J connectivity index is 2.04. The lowest BCUT2D eigenvalue weighted by atomic mass is 10.1. The van der Waals surface area contributed by atoms with Crippen molar-refractivity contribution in [3.05, 3.63) is 22.3 Å². The normalized spacial score (nSPS) is 16.2. The van der Waals surface area contributed by atoms with Crippen molar-refractivity contribution in [2.45, 2.75) is 32.2 Å². The van der Waals surface area contributed by atoms with Crippen LogP contribution in [-0.2, 0) is 0 Å². The second-order valence-electron chi connectivity index (χ2n) is 4.75. The molecule has 6 heteroatoms. The van der Waals surface area contributed by atoms with Gasteiger partial charge in [-0.1, -0.05) is 12.8 Å². The van der Waals surface area contributed by atoms with Gasteiger partial charge in [-0.2, -0.15) is 0 Å². The molecular weight excluding hydrogens is 296 g/mol. The van der Waals surface area contributed by atoms with Crippen LogP contribution in [0.25, 0.3) is 0 Å². The third-order valence-electron chi connectivity index (χ3n) is 3.00. The van der Waals surface area contributed by atoms with Crippen LogP contribution < -0.4 is 16.6 Å². The number of hydrazine groups is 1. The smallest absolute Gasteiger partial charge is 0.255 e. The minimum absolute atomic E-state index is 0.148. The summed E-state index contributed by atoms with van der Waals surface area (Å²) in [5.74, 6) is 6.37. The summed E-state index contributed by atoms with van der Waals surface area (Å²) < 4.78 is 0.751. The van der Waals surface area contributed by atoms with E-state index < -0.39 is 0 Å². The van der Waals surface area contributed by atoms with E-state index in [-0.39, 0.29) is 11.9 Å². The van der Waals surface area contributed by atoms with Crippen LogP contribution in [0, 0.1) is 5.92 Å². The Hall–Kier alpha value is -1.14. The molecule has 2 rings (SSSR count). The summed E-state index contributed by atoms with van der Waals surface area (Å²) in [6, 6.07) is 1.89. The molecule has 1 unspecified atom stereocenters. The highest BCUT2D eigenvalue weighted by molar-refractivity contribution is 9.10. The van der Waals surface area contributed by atoms with E-state index in [1.54, 1.807) is 12.3 Å². The van der Waals surface area contributed by atoms with E-state index in [2.05, 4.69) is 31.7 Å². The monoisotopic (exact) mass is 312 g/mol. The van der Waals surface area contributed by atoms with E-state index >= 15 is 0 Å². The van der Waals surface area contributed by atoms with Crippen molar-refractivity contribution in [2.24, 2.45) is 11.8 Å². The predicted octanol–water partition coefficient (Wildman–Crippen LogP) is 2.05. The van der Waals surface area contributed by atoms with Crippen LogP contribution >= 0.6 is 15.9 Å². The summed E-state index contributed by atoms with van der Waals surface area (Å²) in [7, 11) is 0. The molecule has 1 aliphatic carbocycles. The molecule has 1 aromatic heterocycles. The topological polar surface area (TPSA) is 80.0 Å². The number of rotatable bonds is 5. The molecule has 0 bridgehead atoms. The van der Waals surface area contributed by atoms with Crippen molar-refractivity contribution in [3.63, 3.8) is 0 Å². The fourth-order valence-electron chi connectivity index (χ4n) is 1.94. The van der Waals surface area contributed by atoms with Gasteiger partial charge >= 0.3 is 0 Å². The molecule has 1 atom stereocenters. The van der Waals surface area contributed by atoms with Crippen LogP contribution in [0.5, 0.6) is 0 Å². The average molecular weight is 313 g/mol. The molecule has 0 saturated heterocycles. The van der Waals surface area contributed by atoms with Gasteiger partial charge in [-0.15, -0.1) is 0 Å². The Morgan fingerprint density at radius 3 is 3.00 bits per heavy atom. The number of nitrogens with one attached hydrogen (secondary N) is 2. The lowest BCUT2D eigenvalue weighted by molar-refractivity contribution is 0.0938. The molecule has 0 spiro atoms. The Bertz CT molecular complexity index is 448. The van der Waals surface area contributed by atoms with E-state index in [1.807, 2.05) is 6.92 Å². The predicted molar refractivity (Wildman–Crippen MR) is 74.0 cm³/mol. The second-order valence-corrected chi connectivity index (χ2v) is 5.66. The van der Waals surface area contributed by atoms with Gasteiger partial charge in [0.25, 0.3) is 5.91 Å². The van der Waals surface area contributed by atoms with E-state index in [4.69, 9.17) is 5.84 Å². The second kappa shape index (κ2) is 5.67. The molecule has 1 aliphatic rings. The van der Waals surface area contributed by atoms with Crippen LogP contribution in [0.2, 0.25) is 0 Å². The van der Waals surface area contributed by atoms with Gasteiger partial charge in [0, 0.05) is 16.7 Å². The maximum Gasteiger partial charge on any atom is 0.255 e. The molecule has 1 aromatic rings. The van der Waals surface area contributed by atoms with Crippen LogP contribution in [0.4, 0.5) is 5.82 Å². The maximum atomic E-state index is 12.1. The molecule has 1 fully saturated rings. The molecule has 4 N–H and O–H groups in total. The number of nitrogen functional groups attached to an aromatic ring is 1. The first-order valence-corrected chi connectivity index (χ1v) is 6.82. The molecular formula is C12H17BrN4O. The van der Waals surface area contributed by atoms with Crippen LogP contribution in [-0.4, -0.2) is 16.9 Å². The van der Waals surface area contributed by atoms with Crippen molar-refractivity contribution in [3.8, 4) is 0 Å². The molecule has 0 aromatic carbocycles. The zero-order valence-electron chi connectivity index (χ0n) is 10.2. The number of hydrogen-bond acceptors (Lipinski definition) is 4. The number of hydrogen-bond donors (Lipinski definition) is 3. The number of halogens is 1. The van der Waals surface area contributed by atoms with E-state index in [1.165, 1.54) is 12.8 Å². The molecule has 0 aliphatic heterocycles. The number of nitrogens with zero attached hydrogens (tertiary/aromatic N) is 1. The fraction of sp³-hybridized carbons (Fsp3) is 0.500. The Labute approximate surface area is 115 Å². The maximum absolute atomic E-state index is 12.1. The van der Waals surface area contributed by atoms with Crippen LogP contribution in [0.15, 0.2) is 16.7 Å². The summed E-state index contributed by atoms with van der Waals surface area (Å²) in [6.07, 6.45) is 5.21. The van der Waals surface area contributed by atoms with Crippen molar-refractivity contribution >= 4 is 27.7 Å². The molecule has 18 heavy (non-hydrogen) atoms. The largest absolute Gasteiger partial charge is 0.349 e. The SMILES string of the molecule is CC(CC1CC1)NC(=O)c1cc(Br)cnc1NN. The van der Waals surface area contributed by atoms with Gasteiger partial charge in [-0.3, -0.25) is 4.79 Å². The van der Waals surface area contributed by atoms with Gasteiger partial charge in [0.15, 0.2) is 5.82 Å². The lowest BCUT2D eigenvalue weighted by Gasteiger charge is -2.15. The zero-order valence-corrected chi connectivity index (χ0v) is 11.8. The first kappa shape index (κ1) is 13.3. The number of amides is 1. The molecule has 98 valence electrons. The van der Waals surface area contributed by atoms with E-state index in [9.17, 15) is 4.79 Å². The van der Waals surface area contributed by atoms with Gasteiger partial charge in [0.2, 0.25) is 0 Å². The van der Waals surface area contributed by atoms with Crippen molar-refractivity contribution in [1.29, 1.82) is 0 Å². The molecule has 0 radical (unpaired) electrons. The zero-order chi connectivity index (χ0) is 13.1. The first-order chi connectivity index (χ1) is 8.60. The van der Waals surface area contributed by atoms with Gasteiger partial charge in [0.1, 0.15) is 0 Å². The Morgan fingerprint density at radius 1 is 1.67 bits per heavy atom. The average Bonchev–Trinajstić information content (AvgIpc) is 3.12. The van der Waals surface area contributed by atoms with Crippen molar-refractivity contribution in [1.82, 2.24) is 10.3 Å². The number of carbonyl (C=O) groups is 1. The molecule has 1 amide bonds. The number of nitrogens with two attached hydrogens (primary N) is 1. The lowest BCUT2D eigenvalue weighted by Crippen LogP contribution is -2.33. The Morgan fingerprint density at radius 2 is 2.39 bits per heavy atom. The molecule has 5 nitrogen and oxygen atoms in total. The Kier molecular flexibility index (Phi) is 4.19. The summed E-state index contributed by atoms with van der Waals surface area (Å²) in [5, 5.41) is 2.97. The summed E-state index contributed by atoms with van der Waals surface area (Å²) >= 11 is 3.30. The van der Waals surface area contributed by atoms with E-state index in [0.29, 0.717) is 11.4 Å². The number of aromatic nitrogens is 1. The van der Waals surface area contributed by atoms with Gasteiger partial charge in [0.05, 0.1) is 5.56 Å².